The van der Waals surface area contributed by atoms with Crippen molar-refractivity contribution < 1.29 is 4.92 Å². The highest BCUT2D eigenvalue weighted by Crippen LogP contribution is 2.19. The van der Waals surface area contributed by atoms with Crippen LogP contribution in [0.15, 0.2) is 47.7 Å². The van der Waals surface area contributed by atoms with Gasteiger partial charge in [0.25, 0.3) is 5.69 Å². The summed E-state index contributed by atoms with van der Waals surface area (Å²) in [6.45, 7) is 0. The summed E-state index contributed by atoms with van der Waals surface area (Å²) in [5.41, 5.74) is 1.58. The van der Waals surface area contributed by atoms with Gasteiger partial charge in [-0.3, -0.25) is 15.1 Å². The molecule has 0 saturated carbocycles. The third-order valence-electron chi connectivity index (χ3n) is 2.26. The lowest BCUT2D eigenvalue weighted by Crippen LogP contribution is -1.86. The van der Waals surface area contributed by atoms with Crippen LogP contribution in [0.2, 0.25) is 0 Å². The van der Waals surface area contributed by atoms with Crippen LogP contribution >= 0.6 is 0 Å². The fourth-order valence-corrected chi connectivity index (χ4v) is 1.44. The van der Waals surface area contributed by atoms with E-state index in [1.165, 1.54) is 12.1 Å². The number of non-ortho nitro benzene ring substituents is 1. The van der Waals surface area contributed by atoms with E-state index in [1.54, 1.807) is 18.3 Å². The number of aromatic nitrogens is 1. The monoisotopic (exact) mass is 229 g/mol. The Morgan fingerprint density at radius 2 is 2.24 bits per heavy atom. The fraction of sp³-hybridized carbons (Fsp3) is 0.0833. The highest BCUT2D eigenvalue weighted by molar-refractivity contribution is 5.81. The molecule has 0 aliphatic carbocycles. The van der Waals surface area contributed by atoms with Crippen LogP contribution in [0.5, 0.6) is 0 Å². The van der Waals surface area contributed by atoms with Crippen LogP contribution in [0, 0.1) is 10.1 Å². The number of rotatable bonds is 3. The van der Waals surface area contributed by atoms with Crippen molar-refractivity contribution in [3.63, 3.8) is 0 Å². The Bertz CT molecular complexity index is 573. The Hall–Kier alpha value is -2.43. The van der Waals surface area contributed by atoms with Crippen molar-refractivity contribution >= 4 is 17.6 Å². The normalized spacial score (nSPS) is 10.9. The summed E-state index contributed by atoms with van der Waals surface area (Å²) in [5, 5.41) is 10.6. The highest BCUT2D eigenvalue weighted by Gasteiger charge is 2.04. The van der Waals surface area contributed by atoms with Crippen molar-refractivity contribution in [3.05, 3.63) is 58.4 Å². The molecule has 0 radical (unpaired) electrons. The predicted molar refractivity (Wildman–Crippen MR) is 65.8 cm³/mol. The van der Waals surface area contributed by atoms with Crippen molar-refractivity contribution in [1.82, 2.24) is 4.57 Å². The fourth-order valence-electron chi connectivity index (χ4n) is 1.44. The molecule has 0 atom stereocenters. The Kier molecular flexibility index (Phi) is 3.00. The first-order chi connectivity index (χ1) is 8.15. The third-order valence-corrected chi connectivity index (χ3v) is 2.26. The first-order valence-electron chi connectivity index (χ1n) is 5.05. The number of benzene rings is 1. The molecule has 2 aromatic rings. The van der Waals surface area contributed by atoms with E-state index in [2.05, 4.69) is 4.99 Å². The average Bonchev–Trinajstić information content (AvgIpc) is 2.73. The molecule has 1 aromatic heterocycles. The van der Waals surface area contributed by atoms with Gasteiger partial charge in [0.2, 0.25) is 0 Å². The van der Waals surface area contributed by atoms with Crippen molar-refractivity contribution in [2.45, 2.75) is 0 Å². The van der Waals surface area contributed by atoms with Gasteiger partial charge in [-0.25, -0.2) is 0 Å². The summed E-state index contributed by atoms with van der Waals surface area (Å²) < 4.78 is 1.91. The molecule has 17 heavy (non-hydrogen) atoms. The van der Waals surface area contributed by atoms with Crippen LogP contribution in [0.3, 0.4) is 0 Å². The smallest absolute Gasteiger partial charge is 0.271 e. The van der Waals surface area contributed by atoms with Gasteiger partial charge in [-0.1, -0.05) is 6.07 Å². The molecule has 5 heteroatoms. The Labute approximate surface area is 98.2 Å². The summed E-state index contributed by atoms with van der Waals surface area (Å²) in [7, 11) is 1.92. The minimum absolute atomic E-state index is 0.0488. The zero-order valence-electron chi connectivity index (χ0n) is 9.28. The van der Waals surface area contributed by atoms with Gasteiger partial charge in [-0.2, -0.15) is 0 Å². The van der Waals surface area contributed by atoms with Crippen LogP contribution in [-0.2, 0) is 7.05 Å². The van der Waals surface area contributed by atoms with Crippen molar-refractivity contribution in [2.75, 3.05) is 0 Å². The summed E-state index contributed by atoms with van der Waals surface area (Å²) >= 11 is 0. The minimum Gasteiger partial charge on any atom is -0.357 e. The second kappa shape index (κ2) is 4.61. The number of nitrogens with zero attached hydrogens (tertiary/aromatic N) is 3. The Morgan fingerprint density at radius 3 is 2.88 bits per heavy atom. The van der Waals surface area contributed by atoms with Gasteiger partial charge in [-0.15, -0.1) is 0 Å². The average molecular weight is 229 g/mol. The van der Waals surface area contributed by atoms with Gasteiger partial charge in [0.15, 0.2) is 0 Å². The molecule has 86 valence electrons. The molecule has 0 bridgehead atoms. The predicted octanol–water partition coefficient (Wildman–Crippen LogP) is 2.68. The van der Waals surface area contributed by atoms with Gasteiger partial charge in [-0.05, 0) is 12.1 Å². The third kappa shape index (κ3) is 2.78. The largest absolute Gasteiger partial charge is 0.357 e. The molecule has 0 unspecified atom stereocenters. The minimum atomic E-state index is -0.429. The number of hydrogen-bond donors (Lipinski definition) is 0. The second-order valence-electron chi connectivity index (χ2n) is 3.65. The van der Waals surface area contributed by atoms with E-state index in [0.717, 1.165) is 5.56 Å². The van der Waals surface area contributed by atoms with E-state index in [9.17, 15) is 10.1 Å². The van der Waals surface area contributed by atoms with Crippen molar-refractivity contribution in [3.8, 4) is 0 Å². The van der Waals surface area contributed by atoms with E-state index in [1.807, 2.05) is 30.1 Å². The van der Waals surface area contributed by atoms with E-state index in [-0.39, 0.29) is 5.69 Å². The molecule has 1 aromatic carbocycles. The van der Waals surface area contributed by atoms with Gasteiger partial charge in [0.05, 0.1) is 10.6 Å². The molecule has 0 aliphatic rings. The van der Waals surface area contributed by atoms with E-state index < -0.39 is 4.92 Å². The number of nitro groups is 1. The van der Waals surface area contributed by atoms with Gasteiger partial charge >= 0.3 is 0 Å². The number of hydrogen-bond acceptors (Lipinski definition) is 3. The second-order valence-corrected chi connectivity index (χ2v) is 3.65. The zero-order chi connectivity index (χ0) is 12.3. The molecule has 0 spiro atoms. The van der Waals surface area contributed by atoms with Crippen LogP contribution in [-0.4, -0.2) is 15.7 Å². The van der Waals surface area contributed by atoms with Crippen molar-refractivity contribution in [2.24, 2.45) is 12.0 Å². The highest BCUT2D eigenvalue weighted by atomic mass is 16.6. The molecule has 0 fully saturated rings. The van der Waals surface area contributed by atoms with Crippen LogP contribution < -0.4 is 0 Å². The first kappa shape index (κ1) is 11.1. The lowest BCUT2D eigenvalue weighted by molar-refractivity contribution is -0.384. The molecular weight excluding hydrogens is 218 g/mol. The maximum Gasteiger partial charge on any atom is 0.271 e. The molecule has 2 rings (SSSR count). The maximum absolute atomic E-state index is 10.6. The summed E-state index contributed by atoms with van der Waals surface area (Å²) in [6, 6.07) is 8.16. The lowest BCUT2D eigenvalue weighted by Gasteiger charge is -1.93. The topological polar surface area (TPSA) is 60.4 Å². The summed E-state index contributed by atoms with van der Waals surface area (Å²) in [5.74, 6) is 0. The Balaban J connectivity index is 2.21. The van der Waals surface area contributed by atoms with Gasteiger partial charge < -0.3 is 4.57 Å². The van der Waals surface area contributed by atoms with E-state index in [4.69, 9.17) is 0 Å². The standard InChI is InChI=1S/C12H11N3O2/c1-14-6-5-10(9-14)8-13-11-3-2-4-12(7-11)15(16)17/h2-9H,1H3. The van der Waals surface area contributed by atoms with Crippen LogP contribution in [0.25, 0.3) is 0 Å². The molecule has 0 N–H and O–H groups in total. The van der Waals surface area contributed by atoms with Gasteiger partial charge in [0.1, 0.15) is 0 Å². The van der Waals surface area contributed by atoms with Gasteiger partial charge in [0, 0.05) is 43.4 Å². The Morgan fingerprint density at radius 1 is 1.41 bits per heavy atom. The van der Waals surface area contributed by atoms with Crippen LogP contribution in [0.1, 0.15) is 5.56 Å². The molecule has 0 aliphatic heterocycles. The van der Waals surface area contributed by atoms with E-state index >= 15 is 0 Å². The zero-order valence-corrected chi connectivity index (χ0v) is 9.28. The summed E-state index contributed by atoms with van der Waals surface area (Å²) in [4.78, 5) is 14.3. The number of aryl methyl sites for hydroxylation is 1. The molecule has 1 heterocycles. The number of aliphatic imine (C=N–C) groups is 1. The SMILES string of the molecule is Cn1ccc(C=Nc2cccc([N+](=O)[O-])c2)c1. The molecule has 0 amide bonds. The lowest BCUT2D eigenvalue weighted by atomic mass is 10.3. The quantitative estimate of drug-likeness (QED) is 0.461. The van der Waals surface area contributed by atoms with E-state index in [0.29, 0.717) is 5.69 Å². The first-order valence-corrected chi connectivity index (χ1v) is 5.05. The van der Waals surface area contributed by atoms with Crippen LogP contribution in [0.4, 0.5) is 11.4 Å². The molecular formula is C12H11N3O2. The summed E-state index contributed by atoms with van der Waals surface area (Å²) in [6.07, 6.45) is 5.51. The maximum atomic E-state index is 10.6. The molecule has 5 nitrogen and oxygen atoms in total. The number of nitro benzene ring substituents is 1. The molecule has 0 saturated heterocycles. The van der Waals surface area contributed by atoms with Crippen molar-refractivity contribution in [1.29, 1.82) is 0 Å².